The Labute approximate surface area is 162 Å². The summed E-state index contributed by atoms with van der Waals surface area (Å²) in [6.45, 7) is 0.296. The number of H-pyrrole nitrogens is 2. The zero-order chi connectivity index (χ0) is 20.4. The number of hydrogen-bond acceptors (Lipinski definition) is 4. The van der Waals surface area contributed by atoms with Crippen molar-refractivity contribution < 1.29 is 17.9 Å². The first-order valence-electron chi connectivity index (χ1n) is 8.62. The molecule has 4 rings (SSSR count). The van der Waals surface area contributed by atoms with Gasteiger partial charge in [0.15, 0.2) is 0 Å². The molecule has 4 aromatic rings. The molecule has 0 bridgehead atoms. The minimum Gasteiger partial charge on any atom is -0.406 e. The normalized spacial score (nSPS) is 11.6. The summed E-state index contributed by atoms with van der Waals surface area (Å²) >= 11 is 0. The molecule has 0 aliphatic rings. The van der Waals surface area contributed by atoms with E-state index in [4.69, 9.17) is 0 Å². The maximum atomic E-state index is 12.4. The standard InChI is InChI=1S/C20H15F3N4O2/c21-20(22,23)29-16-3-1-2-12(6-16)9-25-15-7-14(10-24-11-15)13-4-5-17-18(8-13)27-19(28)26-17/h1-8,10-11,25H,9H2,(H2,26,27,28). The van der Waals surface area contributed by atoms with Crippen LogP contribution in [-0.2, 0) is 6.54 Å². The van der Waals surface area contributed by atoms with Crippen molar-refractivity contribution in [2.75, 3.05) is 5.32 Å². The van der Waals surface area contributed by atoms with Crippen molar-refractivity contribution in [2.24, 2.45) is 0 Å². The first-order chi connectivity index (χ1) is 13.9. The molecule has 29 heavy (non-hydrogen) atoms. The van der Waals surface area contributed by atoms with E-state index in [0.717, 1.165) is 11.1 Å². The largest absolute Gasteiger partial charge is 0.573 e. The number of alkyl halides is 3. The van der Waals surface area contributed by atoms with Gasteiger partial charge in [-0.2, -0.15) is 0 Å². The summed E-state index contributed by atoms with van der Waals surface area (Å²) in [4.78, 5) is 21.0. The second-order valence-corrected chi connectivity index (χ2v) is 6.35. The highest BCUT2D eigenvalue weighted by Gasteiger charge is 2.31. The highest BCUT2D eigenvalue weighted by atomic mass is 19.4. The summed E-state index contributed by atoms with van der Waals surface area (Å²) < 4.78 is 41.0. The predicted octanol–water partition coefficient (Wildman–Crippen LogP) is 4.43. The maximum Gasteiger partial charge on any atom is 0.573 e. The Kier molecular flexibility index (Phi) is 4.71. The third kappa shape index (κ3) is 4.57. The van der Waals surface area contributed by atoms with Crippen LogP contribution < -0.4 is 15.7 Å². The molecule has 0 atom stereocenters. The number of hydrogen-bond donors (Lipinski definition) is 3. The molecule has 0 saturated heterocycles. The van der Waals surface area contributed by atoms with Crippen LogP contribution in [0.2, 0.25) is 0 Å². The van der Waals surface area contributed by atoms with Crippen molar-refractivity contribution >= 4 is 16.7 Å². The smallest absolute Gasteiger partial charge is 0.406 e. The molecule has 0 aliphatic carbocycles. The average molecular weight is 400 g/mol. The third-order valence-corrected chi connectivity index (χ3v) is 4.22. The topological polar surface area (TPSA) is 82.8 Å². The molecule has 3 N–H and O–H groups in total. The van der Waals surface area contributed by atoms with Crippen molar-refractivity contribution in [1.82, 2.24) is 15.0 Å². The lowest BCUT2D eigenvalue weighted by atomic mass is 10.1. The lowest BCUT2D eigenvalue weighted by Gasteiger charge is -2.11. The van der Waals surface area contributed by atoms with Gasteiger partial charge in [0.05, 0.1) is 16.7 Å². The molecular formula is C20H15F3N4O2. The van der Waals surface area contributed by atoms with Gasteiger partial charge in [0.25, 0.3) is 0 Å². The maximum absolute atomic E-state index is 12.4. The second-order valence-electron chi connectivity index (χ2n) is 6.35. The van der Waals surface area contributed by atoms with Gasteiger partial charge in [-0.25, -0.2) is 4.79 Å². The molecule has 0 unspecified atom stereocenters. The fourth-order valence-electron chi connectivity index (χ4n) is 2.96. The number of halogens is 3. The van der Waals surface area contributed by atoms with Crippen molar-refractivity contribution in [3.05, 3.63) is 77.0 Å². The molecule has 148 valence electrons. The monoisotopic (exact) mass is 400 g/mol. The summed E-state index contributed by atoms with van der Waals surface area (Å²) in [5.41, 5.74) is 4.14. The van der Waals surface area contributed by atoms with E-state index in [9.17, 15) is 18.0 Å². The lowest BCUT2D eigenvalue weighted by Crippen LogP contribution is -2.17. The minimum absolute atomic E-state index is 0.266. The van der Waals surface area contributed by atoms with Crippen LogP contribution >= 0.6 is 0 Å². The Bertz CT molecular complexity index is 1210. The average Bonchev–Trinajstić information content (AvgIpc) is 3.05. The van der Waals surface area contributed by atoms with Crippen LogP contribution in [0.3, 0.4) is 0 Å². The molecule has 0 fully saturated rings. The Morgan fingerprint density at radius 1 is 0.966 bits per heavy atom. The van der Waals surface area contributed by atoms with Gasteiger partial charge >= 0.3 is 12.1 Å². The number of imidazole rings is 1. The number of aromatic amines is 2. The Balaban J connectivity index is 1.50. The van der Waals surface area contributed by atoms with Crippen molar-refractivity contribution in [3.8, 4) is 16.9 Å². The first-order valence-corrected chi connectivity index (χ1v) is 8.62. The third-order valence-electron chi connectivity index (χ3n) is 4.22. The molecular weight excluding hydrogens is 385 g/mol. The number of aromatic nitrogens is 3. The Morgan fingerprint density at radius 2 is 1.79 bits per heavy atom. The van der Waals surface area contributed by atoms with Crippen molar-refractivity contribution in [3.63, 3.8) is 0 Å². The molecule has 9 heteroatoms. The molecule has 0 saturated carbocycles. The van der Waals surface area contributed by atoms with Gasteiger partial charge in [-0.05, 0) is 41.5 Å². The molecule has 0 aliphatic heterocycles. The number of fused-ring (bicyclic) bond motifs is 1. The van der Waals surface area contributed by atoms with E-state index in [1.54, 1.807) is 24.5 Å². The van der Waals surface area contributed by atoms with Gasteiger partial charge in [0.1, 0.15) is 5.75 Å². The molecule has 2 heterocycles. The van der Waals surface area contributed by atoms with Crippen molar-refractivity contribution in [1.29, 1.82) is 0 Å². The zero-order valence-electron chi connectivity index (χ0n) is 14.9. The highest BCUT2D eigenvalue weighted by Crippen LogP contribution is 2.26. The number of pyridine rings is 1. The number of anilines is 1. The molecule has 0 radical (unpaired) electrons. The fourth-order valence-corrected chi connectivity index (χ4v) is 2.96. The first kappa shape index (κ1) is 18.6. The summed E-state index contributed by atoms with van der Waals surface area (Å²) in [5.74, 6) is -0.266. The van der Waals surface area contributed by atoms with E-state index in [1.807, 2.05) is 18.2 Å². The van der Waals surface area contributed by atoms with Crippen LogP contribution in [0.15, 0.2) is 65.7 Å². The lowest BCUT2D eigenvalue weighted by molar-refractivity contribution is -0.274. The van der Waals surface area contributed by atoms with Gasteiger partial charge in [-0.1, -0.05) is 18.2 Å². The number of nitrogens with one attached hydrogen (secondary N) is 3. The van der Waals surface area contributed by atoms with Gasteiger partial charge < -0.3 is 20.0 Å². The van der Waals surface area contributed by atoms with Crippen LogP contribution in [0, 0.1) is 0 Å². The molecule has 2 aromatic carbocycles. The Morgan fingerprint density at radius 3 is 2.62 bits per heavy atom. The van der Waals surface area contributed by atoms with Crippen molar-refractivity contribution in [2.45, 2.75) is 12.9 Å². The van der Waals surface area contributed by atoms with E-state index < -0.39 is 6.36 Å². The summed E-state index contributed by atoms with van der Waals surface area (Å²) in [6.07, 6.45) is -1.42. The summed E-state index contributed by atoms with van der Waals surface area (Å²) in [5, 5.41) is 3.14. The van der Waals surface area contributed by atoms with Crippen LogP contribution in [0.5, 0.6) is 5.75 Å². The summed E-state index contributed by atoms with van der Waals surface area (Å²) in [6, 6.07) is 13.2. The van der Waals surface area contributed by atoms with E-state index >= 15 is 0 Å². The summed E-state index contributed by atoms with van der Waals surface area (Å²) in [7, 11) is 0. The predicted molar refractivity (Wildman–Crippen MR) is 103 cm³/mol. The van der Waals surface area contributed by atoms with Crippen LogP contribution in [0.1, 0.15) is 5.56 Å². The highest BCUT2D eigenvalue weighted by molar-refractivity contribution is 5.81. The number of benzene rings is 2. The molecule has 0 amide bonds. The second kappa shape index (κ2) is 7.34. The van der Waals surface area contributed by atoms with E-state index in [-0.39, 0.29) is 11.4 Å². The molecule has 2 aromatic heterocycles. The fraction of sp³-hybridized carbons (Fsp3) is 0.100. The van der Waals surface area contributed by atoms with Gasteiger partial charge in [-0.15, -0.1) is 13.2 Å². The van der Waals surface area contributed by atoms with E-state index in [0.29, 0.717) is 28.8 Å². The van der Waals surface area contributed by atoms with Gasteiger partial charge in [0, 0.05) is 24.5 Å². The quantitative estimate of drug-likeness (QED) is 0.463. The number of nitrogens with zero attached hydrogens (tertiary/aromatic N) is 1. The van der Waals surface area contributed by atoms with E-state index in [2.05, 4.69) is 25.0 Å². The Hall–Kier alpha value is -3.75. The van der Waals surface area contributed by atoms with E-state index in [1.165, 1.54) is 18.2 Å². The molecule has 6 nitrogen and oxygen atoms in total. The number of rotatable bonds is 5. The SMILES string of the molecule is O=c1[nH]c2ccc(-c3cncc(NCc4cccc(OC(F)(F)F)c4)c3)cc2[nH]1. The van der Waals surface area contributed by atoms with Gasteiger partial charge in [-0.3, -0.25) is 4.98 Å². The molecule has 0 spiro atoms. The minimum atomic E-state index is -4.73. The van der Waals surface area contributed by atoms with Crippen LogP contribution in [0.4, 0.5) is 18.9 Å². The van der Waals surface area contributed by atoms with Crippen LogP contribution in [0.25, 0.3) is 22.2 Å². The zero-order valence-corrected chi connectivity index (χ0v) is 14.9. The number of ether oxygens (including phenoxy) is 1. The van der Waals surface area contributed by atoms with Crippen LogP contribution in [-0.4, -0.2) is 21.3 Å². The van der Waals surface area contributed by atoms with Gasteiger partial charge in [0.2, 0.25) is 0 Å².